The van der Waals surface area contributed by atoms with E-state index in [9.17, 15) is 13.9 Å². The minimum atomic E-state index is -1.02. The molecule has 0 heterocycles. The van der Waals surface area contributed by atoms with Gasteiger partial charge in [-0.25, -0.2) is 8.78 Å². The molecule has 0 aliphatic rings. The number of halogens is 3. The van der Waals surface area contributed by atoms with E-state index in [0.29, 0.717) is 4.47 Å². The first-order chi connectivity index (χ1) is 8.99. The Morgan fingerprint density at radius 2 is 1.89 bits per heavy atom. The monoisotopic (exact) mass is 328 g/mol. The first-order valence-electron chi connectivity index (χ1n) is 5.58. The van der Waals surface area contributed by atoms with Crippen LogP contribution >= 0.6 is 15.9 Å². The van der Waals surface area contributed by atoms with E-state index in [1.54, 1.807) is 6.07 Å². The van der Waals surface area contributed by atoms with Gasteiger partial charge in [0.2, 0.25) is 0 Å². The molecule has 0 saturated heterocycles. The third-order valence-electron chi connectivity index (χ3n) is 2.55. The summed E-state index contributed by atoms with van der Waals surface area (Å²) in [7, 11) is 0. The van der Waals surface area contributed by atoms with Crippen molar-refractivity contribution >= 4 is 15.9 Å². The van der Waals surface area contributed by atoms with Crippen molar-refractivity contribution in [3.05, 3.63) is 58.1 Å². The van der Waals surface area contributed by atoms with E-state index in [-0.39, 0.29) is 17.1 Å². The quantitative estimate of drug-likeness (QED) is 0.894. The van der Waals surface area contributed by atoms with Crippen LogP contribution in [0.5, 0.6) is 11.5 Å². The maximum absolute atomic E-state index is 13.6. The molecule has 0 spiro atoms. The number of aliphatic hydroxyl groups excluding tert-OH is 1. The molecule has 1 atom stereocenters. The summed E-state index contributed by atoms with van der Waals surface area (Å²) < 4.78 is 32.7. The van der Waals surface area contributed by atoms with Gasteiger partial charge in [-0.1, -0.05) is 6.07 Å². The maximum atomic E-state index is 13.6. The third-order valence-corrected chi connectivity index (χ3v) is 3.19. The van der Waals surface area contributed by atoms with Crippen LogP contribution in [0.2, 0.25) is 0 Å². The number of benzene rings is 2. The SMILES string of the molecule is C[C@@H](O)c1c(F)cccc1Oc1ccc(Br)c(F)c1. The molecule has 100 valence electrons. The molecule has 1 N–H and O–H groups in total. The van der Waals surface area contributed by atoms with Gasteiger partial charge in [0, 0.05) is 6.07 Å². The molecule has 0 aromatic heterocycles. The van der Waals surface area contributed by atoms with Crippen molar-refractivity contribution in [1.29, 1.82) is 0 Å². The molecule has 2 nitrogen and oxygen atoms in total. The fourth-order valence-electron chi connectivity index (χ4n) is 1.68. The molecular weight excluding hydrogens is 318 g/mol. The number of rotatable bonds is 3. The molecule has 0 unspecified atom stereocenters. The van der Waals surface area contributed by atoms with Crippen LogP contribution in [0.15, 0.2) is 40.9 Å². The van der Waals surface area contributed by atoms with Gasteiger partial charge in [-0.15, -0.1) is 0 Å². The number of ether oxygens (including phenoxy) is 1. The summed E-state index contributed by atoms with van der Waals surface area (Å²) in [6, 6.07) is 8.44. The van der Waals surface area contributed by atoms with E-state index in [1.165, 1.54) is 37.3 Å². The van der Waals surface area contributed by atoms with Gasteiger partial charge in [-0.2, -0.15) is 0 Å². The molecule has 0 radical (unpaired) electrons. The van der Waals surface area contributed by atoms with Gasteiger partial charge in [0.05, 0.1) is 16.1 Å². The average Bonchev–Trinajstić information content (AvgIpc) is 2.33. The van der Waals surface area contributed by atoms with Crippen molar-refractivity contribution in [2.75, 3.05) is 0 Å². The molecule has 19 heavy (non-hydrogen) atoms. The molecular formula is C14H11BrF2O2. The van der Waals surface area contributed by atoms with E-state index in [1.807, 2.05) is 0 Å². The van der Waals surface area contributed by atoms with Crippen LogP contribution in [-0.2, 0) is 0 Å². The Morgan fingerprint density at radius 1 is 1.16 bits per heavy atom. The van der Waals surface area contributed by atoms with Crippen molar-refractivity contribution < 1.29 is 18.6 Å². The Labute approximate surface area is 117 Å². The summed E-state index contributed by atoms with van der Waals surface area (Å²) in [5.41, 5.74) is 0.0471. The molecule has 0 saturated carbocycles. The molecule has 2 aromatic carbocycles. The van der Waals surface area contributed by atoms with Crippen molar-refractivity contribution in [1.82, 2.24) is 0 Å². The first-order valence-corrected chi connectivity index (χ1v) is 6.37. The zero-order valence-electron chi connectivity index (χ0n) is 10.0. The van der Waals surface area contributed by atoms with Gasteiger partial charge >= 0.3 is 0 Å². The minimum absolute atomic E-state index is 0.0471. The second kappa shape index (κ2) is 5.67. The first kappa shape index (κ1) is 14.0. The highest BCUT2D eigenvalue weighted by Gasteiger charge is 2.15. The van der Waals surface area contributed by atoms with E-state index < -0.39 is 17.7 Å². The van der Waals surface area contributed by atoms with Gasteiger partial charge in [-0.3, -0.25) is 0 Å². The Kier molecular flexibility index (Phi) is 4.17. The molecule has 0 aliphatic carbocycles. The molecule has 0 fully saturated rings. The Morgan fingerprint density at radius 3 is 2.53 bits per heavy atom. The van der Waals surface area contributed by atoms with Crippen LogP contribution in [0.4, 0.5) is 8.78 Å². The van der Waals surface area contributed by atoms with Crippen LogP contribution in [0.1, 0.15) is 18.6 Å². The van der Waals surface area contributed by atoms with Crippen LogP contribution in [-0.4, -0.2) is 5.11 Å². The predicted octanol–water partition coefficient (Wildman–Crippen LogP) is 4.57. The summed E-state index contributed by atoms with van der Waals surface area (Å²) in [5.74, 6) is -0.650. The van der Waals surface area contributed by atoms with Crippen LogP contribution in [0.3, 0.4) is 0 Å². The normalized spacial score (nSPS) is 12.3. The van der Waals surface area contributed by atoms with Crippen molar-refractivity contribution in [3.8, 4) is 11.5 Å². The molecule has 5 heteroatoms. The van der Waals surface area contributed by atoms with Gasteiger partial charge in [0.15, 0.2) is 0 Å². The zero-order valence-corrected chi connectivity index (χ0v) is 11.6. The highest BCUT2D eigenvalue weighted by molar-refractivity contribution is 9.10. The van der Waals surface area contributed by atoms with Crippen molar-refractivity contribution in [3.63, 3.8) is 0 Å². The zero-order chi connectivity index (χ0) is 14.0. The smallest absolute Gasteiger partial charge is 0.141 e. The lowest BCUT2D eigenvalue weighted by molar-refractivity contribution is 0.190. The summed E-state index contributed by atoms with van der Waals surface area (Å²) in [5, 5.41) is 9.56. The van der Waals surface area contributed by atoms with Crippen LogP contribution in [0.25, 0.3) is 0 Å². The summed E-state index contributed by atoms with van der Waals surface area (Å²) in [6.45, 7) is 1.44. The van der Waals surface area contributed by atoms with Crippen LogP contribution < -0.4 is 4.74 Å². The van der Waals surface area contributed by atoms with Crippen LogP contribution in [0, 0.1) is 11.6 Å². The van der Waals surface area contributed by atoms with Crippen molar-refractivity contribution in [2.45, 2.75) is 13.0 Å². The molecule has 0 aliphatic heterocycles. The summed E-state index contributed by atoms with van der Waals surface area (Å²) >= 11 is 3.03. The van der Waals surface area contributed by atoms with Gasteiger partial charge in [0.25, 0.3) is 0 Å². The second-order valence-electron chi connectivity index (χ2n) is 4.01. The largest absolute Gasteiger partial charge is 0.457 e. The Bertz CT molecular complexity index is 600. The molecule has 2 rings (SSSR count). The molecule has 0 bridgehead atoms. The summed E-state index contributed by atoms with van der Waals surface area (Å²) in [4.78, 5) is 0. The highest BCUT2D eigenvalue weighted by Crippen LogP contribution is 2.32. The van der Waals surface area contributed by atoms with Gasteiger partial charge in [-0.05, 0) is 47.1 Å². The lowest BCUT2D eigenvalue weighted by Gasteiger charge is -2.14. The average molecular weight is 329 g/mol. The maximum Gasteiger partial charge on any atom is 0.141 e. The Balaban J connectivity index is 2.38. The fraction of sp³-hybridized carbons (Fsp3) is 0.143. The van der Waals surface area contributed by atoms with E-state index in [2.05, 4.69) is 15.9 Å². The summed E-state index contributed by atoms with van der Waals surface area (Å²) in [6.07, 6.45) is -1.02. The van der Waals surface area contributed by atoms with E-state index in [4.69, 9.17) is 4.74 Å². The third kappa shape index (κ3) is 3.11. The fourth-order valence-corrected chi connectivity index (χ4v) is 1.93. The minimum Gasteiger partial charge on any atom is -0.457 e. The number of aliphatic hydroxyl groups is 1. The number of hydrogen-bond acceptors (Lipinski definition) is 2. The lowest BCUT2D eigenvalue weighted by atomic mass is 10.1. The van der Waals surface area contributed by atoms with Gasteiger partial charge < -0.3 is 9.84 Å². The predicted molar refractivity (Wildman–Crippen MR) is 71.2 cm³/mol. The standard InChI is InChI=1S/C14H11BrF2O2/c1-8(18)14-11(16)3-2-4-13(14)19-9-5-6-10(15)12(17)7-9/h2-8,18H,1H3/t8-/m1/s1. The second-order valence-corrected chi connectivity index (χ2v) is 4.86. The van der Waals surface area contributed by atoms with Crippen molar-refractivity contribution in [2.24, 2.45) is 0 Å². The molecule has 2 aromatic rings. The van der Waals surface area contributed by atoms with Gasteiger partial charge in [0.1, 0.15) is 23.1 Å². The Hall–Kier alpha value is -1.46. The topological polar surface area (TPSA) is 29.5 Å². The lowest BCUT2D eigenvalue weighted by Crippen LogP contribution is -2.00. The van der Waals surface area contributed by atoms with E-state index in [0.717, 1.165) is 0 Å². The van der Waals surface area contributed by atoms with E-state index >= 15 is 0 Å². The molecule has 0 amide bonds. The number of hydrogen-bond donors (Lipinski definition) is 1. The highest BCUT2D eigenvalue weighted by atomic mass is 79.9.